The first-order chi connectivity index (χ1) is 5.54. The maximum absolute atomic E-state index is 10.9. The van der Waals surface area contributed by atoms with E-state index in [1.165, 1.54) is 0 Å². The van der Waals surface area contributed by atoms with E-state index in [1.54, 1.807) is 6.92 Å². The zero-order valence-corrected chi connectivity index (χ0v) is 7.10. The number of rotatable bonds is 5. The quantitative estimate of drug-likeness (QED) is 0.453. The number of carbonyl (C=O) groups excluding carboxylic acids is 1. The molecule has 5 heteroatoms. The maximum Gasteiger partial charge on any atom is 0.219 e. The Morgan fingerprint density at radius 1 is 1.42 bits per heavy atom. The molecular weight excluding hydrogens is 164 g/mol. The van der Waals surface area contributed by atoms with Crippen LogP contribution in [0.1, 0.15) is 13.3 Å². The third-order valence-corrected chi connectivity index (χ3v) is 1.54. The van der Waals surface area contributed by atoms with Gasteiger partial charge in [0.1, 0.15) is 6.10 Å². The lowest BCUT2D eigenvalue weighted by Gasteiger charge is -2.16. The van der Waals surface area contributed by atoms with Crippen LogP contribution in [0.4, 0.5) is 0 Å². The monoisotopic (exact) mass is 178 g/mol. The van der Waals surface area contributed by atoms with Crippen molar-refractivity contribution in [2.24, 2.45) is 0 Å². The molecule has 0 aliphatic carbocycles. The Bertz CT molecular complexity index is 147. The maximum atomic E-state index is 10.9. The Balaban J connectivity index is 4.09. The van der Waals surface area contributed by atoms with Gasteiger partial charge in [0.25, 0.3) is 0 Å². The van der Waals surface area contributed by atoms with Crippen molar-refractivity contribution < 1.29 is 24.9 Å². The van der Waals surface area contributed by atoms with Crippen molar-refractivity contribution in [1.29, 1.82) is 0 Å². The van der Waals surface area contributed by atoms with Gasteiger partial charge in [-0.1, -0.05) is 6.92 Å². The number of ketones is 1. The Morgan fingerprint density at radius 3 is 2.25 bits per heavy atom. The summed E-state index contributed by atoms with van der Waals surface area (Å²) in [6.45, 7) is 1.61. The molecule has 5 nitrogen and oxygen atoms in total. The van der Waals surface area contributed by atoms with Crippen LogP contribution in [0.25, 0.3) is 0 Å². The number of aliphatic hydroxyl groups is 3. The number of aliphatic hydroxyl groups excluding tert-OH is 3. The first-order valence-corrected chi connectivity index (χ1v) is 3.65. The molecule has 0 aliphatic heterocycles. The molecule has 0 amide bonds. The number of hydrogen-bond acceptors (Lipinski definition) is 5. The van der Waals surface area contributed by atoms with Crippen molar-refractivity contribution >= 4 is 5.78 Å². The van der Waals surface area contributed by atoms with Crippen LogP contribution in [0.5, 0.6) is 0 Å². The predicted octanol–water partition coefficient (Wildman–Crippen LogP) is -1.35. The topological polar surface area (TPSA) is 87.0 Å². The number of carbonyl (C=O) groups is 1. The van der Waals surface area contributed by atoms with E-state index in [0.717, 1.165) is 7.11 Å². The van der Waals surface area contributed by atoms with Crippen LogP contribution in [-0.4, -0.2) is 46.7 Å². The average Bonchev–Trinajstić information content (AvgIpc) is 2.12. The minimum atomic E-state index is -1.67. The molecular formula is C7H14O5. The normalized spacial score (nSPS) is 18.4. The van der Waals surface area contributed by atoms with Crippen LogP contribution in [0.3, 0.4) is 0 Å². The van der Waals surface area contributed by atoms with E-state index in [4.69, 9.17) is 15.3 Å². The van der Waals surface area contributed by atoms with E-state index in [0.29, 0.717) is 0 Å². The van der Waals surface area contributed by atoms with E-state index in [2.05, 4.69) is 4.74 Å². The highest BCUT2D eigenvalue weighted by Gasteiger charge is 2.28. The third-order valence-electron chi connectivity index (χ3n) is 1.54. The lowest BCUT2D eigenvalue weighted by atomic mass is 10.1. The summed E-state index contributed by atoms with van der Waals surface area (Å²) in [5.74, 6) is -0.924. The van der Waals surface area contributed by atoms with Crippen molar-refractivity contribution in [1.82, 2.24) is 0 Å². The second kappa shape index (κ2) is 5.21. The molecule has 0 aromatic carbocycles. The Kier molecular flexibility index (Phi) is 5.00. The molecule has 0 saturated carbocycles. The average molecular weight is 178 g/mol. The minimum Gasteiger partial charge on any atom is -0.390 e. The summed E-state index contributed by atoms with van der Waals surface area (Å²) >= 11 is 0. The summed E-state index contributed by atoms with van der Waals surface area (Å²) in [6.07, 6.45) is -4.16. The van der Waals surface area contributed by atoms with Crippen LogP contribution in [0.15, 0.2) is 0 Å². The Morgan fingerprint density at radius 2 is 1.92 bits per heavy atom. The first kappa shape index (κ1) is 11.5. The highest BCUT2D eigenvalue weighted by molar-refractivity contribution is 5.86. The number of hydrogen-bond donors (Lipinski definition) is 3. The SMILES string of the molecule is CCC(O)C(O)C(=O)C(O)OC. The van der Waals surface area contributed by atoms with Gasteiger partial charge in [0.05, 0.1) is 6.10 Å². The fourth-order valence-electron chi connectivity index (χ4n) is 0.675. The van der Waals surface area contributed by atoms with Gasteiger partial charge in [0.15, 0.2) is 0 Å². The molecule has 0 radical (unpaired) electrons. The molecule has 72 valence electrons. The Labute approximate surface area is 70.6 Å². The predicted molar refractivity (Wildman–Crippen MR) is 40.3 cm³/mol. The number of methoxy groups -OCH3 is 1. The highest BCUT2D eigenvalue weighted by Crippen LogP contribution is 2.02. The fourth-order valence-corrected chi connectivity index (χ4v) is 0.675. The second-order valence-corrected chi connectivity index (χ2v) is 2.41. The third kappa shape index (κ3) is 2.86. The summed E-state index contributed by atoms with van der Waals surface area (Å²) in [7, 11) is 1.13. The molecule has 0 aromatic rings. The van der Waals surface area contributed by atoms with Crippen molar-refractivity contribution in [3.05, 3.63) is 0 Å². The summed E-state index contributed by atoms with van der Waals surface area (Å²) in [4.78, 5) is 10.9. The molecule has 0 saturated heterocycles. The van der Waals surface area contributed by atoms with Crippen LogP contribution in [0.2, 0.25) is 0 Å². The van der Waals surface area contributed by atoms with Crippen molar-refractivity contribution in [3.63, 3.8) is 0 Å². The van der Waals surface area contributed by atoms with Crippen molar-refractivity contribution in [3.8, 4) is 0 Å². The van der Waals surface area contributed by atoms with Gasteiger partial charge in [-0.05, 0) is 6.42 Å². The smallest absolute Gasteiger partial charge is 0.219 e. The molecule has 3 N–H and O–H groups in total. The van der Waals surface area contributed by atoms with Crippen molar-refractivity contribution in [2.45, 2.75) is 31.8 Å². The van der Waals surface area contributed by atoms with E-state index >= 15 is 0 Å². The van der Waals surface area contributed by atoms with Crippen LogP contribution < -0.4 is 0 Å². The largest absolute Gasteiger partial charge is 0.390 e. The van der Waals surface area contributed by atoms with Gasteiger partial charge in [-0.15, -0.1) is 0 Å². The van der Waals surface area contributed by atoms with Crippen LogP contribution in [-0.2, 0) is 9.53 Å². The lowest BCUT2D eigenvalue weighted by molar-refractivity contribution is -0.164. The molecule has 0 bridgehead atoms. The van der Waals surface area contributed by atoms with Crippen LogP contribution >= 0.6 is 0 Å². The zero-order valence-electron chi connectivity index (χ0n) is 7.10. The van der Waals surface area contributed by atoms with E-state index in [9.17, 15) is 4.79 Å². The van der Waals surface area contributed by atoms with Gasteiger partial charge in [0.2, 0.25) is 12.1 Å². The molecule has 0 aliphatic rings. The minimum absolute atomic E-state index is 0.239. The standard InChI is InChI=1S/C7H14O5/c1-3-4(8)5(9)6(10)7(11)12-2/h4-5,7-9,11H,3H2,1-2H3. The number of Topliss-reactive ketones (excluding diaryl/α,β-unsaturated/α-hetero) is 1. The van der Waals surface area contributed by atoms with E-state index in [-0.39, 0.29) is 6.42 Å². The van der Waals surface area contributed by atoms with Gasteiger partial charge in [-0.2, -0.15) is 0 Å². The molecule has 0 aromatic heterocycles. The second-order valence-electron chi connectivity index (χ2n) is 2.41. The Hall–Kier alpha value is -0.490. The van der Waals surface area contributed by atoms with Gasteiger partial charge in [-0.25, -0.2) is 0 Å². The molecule has 0 fully saturated rings. The molecule has 3 unspecified atom stereocenters. The van der Waals surface area contributed by atoms with E-state index in [1.807, 2.05) is 0 Å². The zero-order chi connectivity index (χ0) is 9.72. The highest BCUT2D eigenvalue weighted by atomic mass is 16.6. The van der Waals surface area contributed by atoms with Crippen molar-refractivity contribution in [2.75, 3.05) is 7.11 Å². The van der Waals surface area contributed by atoms with Crippen LogP contribution in [0, 0.1) is 0 Å². The summed E-state index contributed by atoms with van der Waals surface area (Å²) in [5, 5.41) is 26.9. The molecule has 0 spiro atoms. The molecule has 12 heavy (non-hydrogen) atoms. The summed E-state index contributed by atoms with van der Waals surface area (Å²) in [6, 6.07) is 0. The van der Waals surface area contributed by atoms with Gasteiger partial charge < -0.3 is 20.1 Å². The first-order valence-electron chi connectivity index (χ1n) is 3.65. The molecule has 3 atom stereocenters. The van der Waals surface area contributed by atoms with Gasteiger partial charge >= 0.3 is 0 Å². The van der Waals surface area contributed by atoms with Gasteiger partial charge in [0, 0.05) is 7.11 Å². The molecule has 0 rings (SSSR count). The fraction of sp³-hybridized carbons (Fsp3) is 0.857. The lowest BCUT2D eigenvalue weighted by Crippen LogP contribution is -2.40. The van der Waals surface area contributed by atoms with Gasteiger partial charge in [-0.3, -0.25) is 4.79 Å². The molecule has 0 heterocycles. The summed E-state index contributed by atoms with van der Waals surface area (Å²) in [5.41, 5.74) is 0. The summed E-state index contributed by atoms with van der Waals surface area (Å²) < 4.78 is 4.26. The number of ether oxygens (including phenoxy) is 1. The van der Waals surface area contributed by atoms with E-state index < -0.39 is 24.3 Å².